The SMILES string of the molecule is Cc1cccc(OCC(=O)NCCNC(=O)c2ccccc2C(F)(F)F)c1C. The summed E-state index contributed by atoms with van der Waals surface area (Å²) < 4.78 is 44.2. The molecule has 0 aliphatic rings. The van der Waals surface area contributed by atoms with E-state index >= 15 is 0 Å². The van der Waals surface area contributed by atoms with Crippen molar-refractivity contribution in [2.24, 2.45) is 0 Å². The number of amides is 2. The molecule has 28 heavy (non-hydrogen) atoms. The number of benzene rings is 2. The van der Waals surface area contributed by atoms with Crippen molar-refractivity contribution in [3.63, 3.8) is 0 Å². The Hall–Kier alpha value is -3.03. The fraction of sp³-hybridized carbons (Fsp3) is 0.300. The lowest BCUT2D eigenvalue weighted by atomic mass is 10.1. The topological polar surface area (TPSA) is 67.4 Å². The van der Waals surface area contributed by atoms with E-state index in [1.807, 2.05) is 26.0 Å². The van der Waals surface area contributed by atoms with Gasteiger partial charge in [0, 0.05) is 13.1 Å². The molecular formula is C20H21F3N2O3. The molecule has 8 heteroatoms. The maximum Gasteiger partial charge on any atom is 0.417 e. The van der Waals surface area contributed by atoms with Crippen LogP contribution in [0.4, 0.5) is 13.2 Å². The van der Waals surface area contributed by atoms with E-state index in [1.54, 1.807) is 6.07 Å². The van der Waals surface area contributed by atoms with Crippen molar-refractivity contribution in [2.45, 2.75) is 20.0 Å². The van der Waals surface area contributed by atoms with Crippen LogP contribution in [0.3, 0.4) is 0 Å². The molecule has 0 aliphatic carbocycles. The summed E-state index contributed by atoms with van der Waals surface area (Å²) in [5.41, 5.74) is 0.517. The second-order valence-corrected chi connectivity index (χ2v) is 6.14. The number of aryl methyl sites for hydroxylation is 1. The first-order valence-electron chi connectivity index (χ1n) is 8.60. The maximum absolute atomic E-state index is 12.9. The summed E-state index contributed by atoms with van der Waals surface area (Å²) >= 11 is 0. The molecule has 0 aromatic heterocycles. The molecular weight excluding hydrogens is 373 g/mol. The molecule has 2 aromatic rings. The van der Waals surface area contributed by atoms with Crippen LogP contribution in [0.25, 0.3) is 0 Å². The molecule has 2 amide bonds. The predicted molar refractivity (Wildman–Crippen MR) is 98.2 cm³/mol. The number of alkyl halides is 3. The van der Waals surface area contributed by atoms with E-state index in [0.717, 1.165) is 23.3 Å². The Morgan fingerprint density at radius 3 is 2.36 bits per heavy atom. The first-order valence-corrected chi connectivity index (χ1v) is 8.60. The van der Waals surface area contributed by atoms with Crippen molar-refractivity contribution >= 4 is 11.8 Å². The third-order valence-electron chi connectivity index (χ3n) is 4.12. The second kappa shape index (κ2) is 9.25. The van der Waals surface area contributed by atoms with Crippen LogP contribution in [0.5, 0.6) is 5.75 Å². The Labute approximate surface area is 160 Å². The normalized spacial score (nSPS) is 11.0. The van der Waals surface area contributed by atoms with E-state index in [9.17, 15) is 22.8 Å². The van der Waals surface area contributed by atoms with Crippen molar-refractivity contribution in [1.29, 1.82) is 0 Å². The number of carbonyl (C=O) groups is 2. The van der Waals surface area contributed by atoms with Gasteiger partial charge in [-0.15, -0.1) is 0 Å². The highest BCUT2D eigenvalue weighted by Gasteiger charge is 2.34. The summed E-state index contributed by atoms with van der Waals surface area (Å²) in [6, 6.07) is 10.0. The van der Waals surface area contributed by atoms with Crippen LogP contribution in [0.15, 0.2) is 42.5 Å². The lowest BCUT2D eigenvalue weighted by molar-refractivity contribution is -0.138. The average Bonchev–Trinajstić information content (AvgIpc) is 2.65. The third-order valence-corrected chi connectivity index (χ3v) is 4.12. The highest BCUT2D eigenvalue weighted by molar-refractivity contribution is 5.95. The summed E-state index contributed by atoms with van der Waals surface area (Å²) in [4.78, 5) is 23.8. The van der Waals surface area contributed by atoms with Gasteiger partial charge in [-0.05, 0) is 43.2 Å². The molecule has 2 rings (SSSR count). The van der Waals surface area contributed by atoms with Gasteiger partial charge in [0.15, 0.2) is 6.61 Å². The highest BCUT2D eigenvalue weighted by Crippen LogP contribution is 2.31. The Morgan fingerprint density at radius 1 is 0.964 bits per heavy atom. The van der Waals surface area contributed by atoms with Gasteiger partial charge in [-0.25, -0.2) is 0 Å². The molecule has 5 nitrogen and oxygen atoms in total. The standard InChI is InChI=1S/C20H21F3N2O3/c1-13-6-5-9-17(14(13)2)28-12-18(26)24-10-11-25-19(27)15-7-3-4-8-16(15)20(21,22)23/h3-9H,10-12H2,1-2H3,(H,24,26)(H,25,27). The van der Waals surface area contributed by atoms with E-state index in [2.05, 4.69) is 10.6 Å². The molecule has 0 fully saturated rings. The van der Waals surface area contributed by atoms with Gasteiger partial charge in [-0.2, -0.15) is 13.2 Å². The predicted octanol–water partition coefficient (Wildman–Crippen LogP) is 3.25. The number of halogens is 3. The van der Waals surface area contributed by atoms with Gasteiger partial charge in [0.2, 0.25) is 0 Å². The highest BCUT2D eigenvalue weighted by atomic mass is 19.4. The fourth-order valence-corrected chi connectivity index (χ4v) is 2.48. The third kappa shape index (κ3) is 5.73. The molecule has 0 heterocycles. The minimum Gasteiger partial charge on any atom is -0.483 e. The van der Waals surface area contributed by atoms with Crippen LogP contribution in [-0.4, -0.2) is 31.5 Å². The van der Waals surface area contributed by atoms with Crippen LogP contribution < -0.4 is 15.4 Å². The zero-order chi connectivity index (χ0) is 20.7. The molecule has 2 aromatic carbocycles. The summed E-state index contributed by atoms with van der Waals surface area (Å²) in [6.45, 7) is 3.67. The number of rotatable bonds is 7. The Balaban J connectivity index is 1.78. The van der Waals surface area contributed by atoms with Crippen LogP contribution >= 0.6 is 0 Å². The summed E-state index contributed by atoms with van der Waals surface area (Å²) in [5, 5.41) is 4.90. The van der Waals surface area contributed by atoms with Crippen LogP contribution in [-0.2, 0) is 11.0 Å². The van der Waals surface area contributed by atoms with Gasteiger partial charge in [0.25, 0.3) is 11.8 Å². The molecule has 0 unspecified atom stereocenters. The van der Waals surface area contributed by atoms with Crippen LogP contribution in [0, 0.1) is 13.8 Å². The van der Waals surface area contributed by atoms with Gasteiger partial charge in [-0.1, -0.05) is 24.3 Å². The first-order chi connectivity index (χ1) is 13.2. The molecule has 0 saturated carbocycles. The quantitative estimate of drug-likeness (QED) is 0.709. The van der Waals surface area contributed by atoms with Crippen molar-refractivity contribution in [2.75, 3.05) is 19.7 Å². The molecule has 0 aliphatic heterocycles. The molecule has 0 bridgehead atoms. The summed E-state index contributed by atoms with van der Waals surface area (Å²) in [7, 11) is 0. The molecule has 0 spiro atoms. The Morgan fingerprint density at radius 2 is 1.64 bits per heavy atom. The van der Waals surface area contributed by atoms with E-state index in [-0.39, 0.29) is 19.7 Å². The van der Waals surface area contributed by atoms with Crippen molar-refractivity contribution in [3.05, 3.63) is 64.7 Å². The van der Waals surface area contributed by atoms with Crippen LogP contribution in [0.1, 0.15) is 27.0 Å². The number of ether oxygens (including phenoxy) is 1. The Kier molecular flexibility index (Phi) is 7.03. The largest absolute Gasteiger partial charge is 0.483 e. The molecule has 0 saturated heterocycles. The summed E-state index contributed by atoms with van der Waals surface area (Å²) in [6.07, 6.45) is -4.62. The maximum atomic E-state index is 12.9. The van der Waals surface area contributed by atoms with Gasteiger partial charge >= 0.3 is 6.18 Å². The van der Waals surface area contributed by atoms with Gasteiger partial charge in [0.05, 0.1) is 11.1 Å². The second-order valence-electron chi connectivity index (χ2n) is 6.14. The Bertz CT molecular complexity index is 851. The van der Waals surface area contributed by atoms with E-state index in [0.29, 0.717) is 5.75 Å². The van der Waals surface area contributed by atoms with Gasteiger partial charge < -0.3 is 15.4 Å². The molecule has 150 valence electrons. The van der Waals surface area contributed by atoms with E-state index < -0.39 is 29.1 Å². The summed E-state index contributed by atoms with van der Waals surface area (Å²) in [5.74, 6) is -0.646. The van der Waals surface area contributed by atoms with Gasteiger partial charge in [-0.3, -0.25) is 9.59 Å². The van der Waals surface area contributed by atoms with Crippen molar-refractivity contribution < 1.29 is 27.5 Å². The number of hydrogen-bond donors (Lipinski definition) is 2. The number of nitrogens with one attached hydrogen (secondary N) is 2. The molecule has 0 atom stereocenters. The minimum atomic E-state index is -4.62. The zero-order valence-electron chi connectivity index (χ0n) is 15.5. The monoisotopic (exact) mass is 394 g/mol. The lowest BCUT2D eigenvalue weighted by Gasteiger charge is -2.13. The minimum absolute atomic E-state index is 0.0137. The molecule has 2 N–H and O–H groups in total. The van der Waals surface area contributed by atoms with E-state index in [1.165, 1.54) is 12.1 Å². The smallest absolute Gasteiger partial charge is 0.417 e. The van der Waals surface area contributed by atoms with E-state index in [4.69, 9.17) is 4.74 Å². The molecule has 0 radical (unpaired) electrons. The lowest BCUT2D eigenvalue weighted by Crippen LogP contribution is -2.37. The average molecular weight is 394 g/mol. The van der Waals surface area contributed by atoms with Crippen molar-refractivity contribution in [3.8, 4) is 5.75 Å². The first kappa shape index (κ1) is 21.3. The van der Waals surface area contributed by atoms with Gasteiger partial charge in [0.1, 0.15) is 5.75 Å². The van der Waals surface area contributed by atoms with Crippen molar-refractivity contribution in [1.82, 2.24) is 10.6 Å². The van der Waals surface area contributed by atoms with Crippen LogP contribution in [0.2, 0.25) is 0 Å². The fourth-order valence-electron chi connectivity index (χ4n) is 2.48. The zero-order valence-corrected chi connectivity index (χ0v) is 15.5. The number of hydrogen-bond acceptors (Lipinski definition) is 3. The number of carbonyl (C=O) groups excluding carboxylic acids is 2.